The molecule has 2 aromatic carbocycles. The Hall–Kier alpha value is -3.70. The third-order valence-corrected chi connectivity index (χ3v) is 4.54. The van der Waals surface area contributed by atoms with Gasteiger partial charge < -0.3 is 10.1 Å². The van der Waals surface area contributed by atoms with Crippen molar-refractivity contribution >= 4 is 28.3 Å². The fourth-order valence-corrected chi connectivity index (χ4v) is 3.11. The summed E-state index contributed by atoms with van der Waals surface area (Å²) in [4.78, 5) is 14.9. The standard InChI is InChI=1S/C19H14N4O3S/c1-26-17-7-2-4-13(8-17)18-12-27-19(22-18)14(10-20)11-21-15-5-3-6-16(9-15)23(24)25/h2-9,11-12,21H,1H3/b14-11+. The molecule has 0 aliphatic heterocycles. The summed E-state index contributed by atoms with van der Waals surface area (Å²) in [5, 5.41) is 25.6. The Balaban J connectivity index is 1.83. The number of allylic oxidation sites excluding steroid dienone is 1. The predicted molar refractivity (Wildman–Crippen MR) is 104 cm³/mol. The fourth-order valence-electron chi connectivity index (χ4n) is 2.32. The zero-order valence-corrected chi connectivity index (χ0v) is 15.1. The van der Waals surface area contributed by atoms with E-state index in [1.807, 2.05) is 29.6 Å². The highest BCUT2D eigenvalue weighted by molar-refractivity contribution is 7.11. The number of nitrogens with one attached hydrogen (secondary N) is 1. The monoisotopic (exact) mass is 378 g/mol. The molecule has 0 aliphatic rings. The van der Waals surface area contributed by atoms with Crippen LogP contribution in [0, 0.1) is 21.4 Å². The minimum atomic E-state index is -0.471. The van der Waals surface area contributed by atoms with E-state index in [4.69, 9.17) is 4.74 Å². The molecule has 0 atom stereocenters. The van der Waals surface area contributed by atoms with Crippen molar-refractivity contribution in [1.82, 2.24) is 4.98 Å². The van der Waals surface area contributed by atoms with Gasteiger partial charge in [-0.05, 0) is 18.2 Å². The maximum Gasteiger partial charge on any atom is 0.271 e. The number of aromatic nitrogens is 1. The molecule has 1 N–H and O–H groups in total. The smallest absolute Gasteiger partial charge is 0.271 e. The van der Waals surface area contributed by atoms with Crippen LogP contribution in [0.15, 0.2) is 60.1 Å². The number of hydrogen-bond acceptors (Lipinski definition) is 7. The van der Waals surface area contributed by atoms with Gasteiger partial charge in [-0.3, -0.25) is 10.1 Å². The molecule has 8 heteroatoms. The highest BCUT2D eigenvalue weighted by Crippen LogP contribution is 2.28. The van der Waals surface area contributed by atoms with Gasteiger partial charge in [-0.15, -0.1) is 11.3 Å². The van der Waals surface area contributed by atoms with Crippen LogP contribution >= 0.6 is 11.3 Å². The second-order valence-corrected chi connectivity index (χ2v) is 6.25. The Morgan fingerprint density at radius 1 is 1.33 bits per heavy atom. The van der Waals surface area contributed by atoms with Crippen LogP contribution in [0.25, 0.3) is 16.8 Å². The SMILES string of the molecule is COc1cccc(-c2csc(/C(C#N)=C/Nc3cccc([N+](=O)[O-])c3)n2)c1. The maximum atomic E-state index is 10.8. The molecule has 0 saturated carbocycles. The molecule has 1 heterocycles. The predicted octanol–water partition coefficient (Wildman–Crippen LogP) is 4.70. The van der Waals surface area contributed by atoms with E-state index in [2.05, 4.69) is 16.4 Å². The van der Waals surface area contributed by atoms with Gasteiger partial charge in [-0.1, -0.05) is 18.2 Å². The Labute approximate surface area is 159 Å². The van der Waals surface area contributed by atoms with E-state index >= 15 is 0 Å². The summed E-state index contributed by atoms with van der Waals surface area (Å²) in [5.74, 6) is 0.727. The van der Waals surface area contributed by atoms with E-state index in [1.54, 1.807) is 19.2 Å². The van der Waals surface area contributed by atoms with Crippen molar-refractivity contribution in [1.29, 1.82) is 5.26 Å². The van der Waals surface area contributed by atoms with Crippen molar-refractivity contribution < 1.29 is 9.66 Å². The number of nitro benzene ring substituents is 1. The van der Waals surface area contributed by atoms with Gasteiger partial charge in [0.1, 0.15) is 22.4 Å². The Kier molecular flexibility index (Phi) is 5.44. The molecule has 0 amide bonds. The number of anilines is 1. The molecule has 134 valence electrons. The molecule has 7 nitrogen and oxygen atoms in total. The molecule has 0 bridgehead atoms. The summed E-state index contributed by atoms with van der Waals surface area (Å²) in [6.45, 7) is 0. The number of ether oxygens (including phenoxy) is 1. The molecule has 0 unspecified atom stereocenters. The van der Waals surface area contributed by atoms with Crippen molar-refractivity contribution in [2.24, 2.45) is 0 Å². The minimum Gasteiger partial charge on any atom is -0.497 e. The molecule has 0 radical (unpaired) electrons. The van der Waals surface area contributed by atoms with Crippen LogP contribution in [-0.4, -0.2) is 17.0 Å². The van der Waals surface area contributed by atoms with E-state index in [0.717, 1.165) is 17.0 Å². The van der Waals surface area contributed by atoms with Crippen LogP contribution in [0.3, 0.4) is 0 Å². The van der Waals surface area contributed by atoms with Gasteiger partial charge >= 0.3 is 0 Å². The highest BCUT2D eigenvalue weighted by Gasteiger charge is 2.10. The number of methoxy groups -OCH3 is 1. The average molecular weight is 378 g/mol. The van der Waals surface area contributed by atoms with Crippen LogP contribution < -0.4 is 10.1 Å². The molecule has 27 heavy (non-hydrogen) atoms. The normalized spacial score (nSPS) is 10.9. The second-order valence-electron chi connectivity index (χ2n) is 5.39. The van der Waals surface area contributed by atoms with Crippen molar-refractivity contribution in [3.8, 4) is 23.1 Å². The van der Waals surface area contributed by atoms with Crippen molar-refractivity contribution in [2.75, 3.05) is 12.4 Å². The molecular weight excluding hydrogens is 364 g/mol. The van der Waals surface area contributed by atoms with Crippen molar-refractivity contribution in [2.45, 2.75) is 0 Å². The first-order chi connectivity index (χ1) is 13.1. The third kappa shape index (κ3) is 4.29. The summed E-state index contributed by atoms with van der Waals surface area (Å²) in [6.07, 6.45) is 1.49. The van der Waals surface area contributed by atoms with E-state index in [-0.39, 0.29) is 5.69 Å². The summed E-state index contributed by atoms with van der Waals surface area (Å²) in [5.41, 5.74) is 2.45. The molecule has 0 aliphatic carbocycles. The lowest BCUT2D eigenvalue weighted by Crippen LogP contribution is -1.93. The van der Waals surface area contributed by atoms with Crippen LogP contribution in [0.4, 0.5) is 11.4 Å². The first-order valence-corrected chi connectivity index (χ1v) is 8.70. The van der Waals surface area contributed by atoms with Crippen LogP contribution in [0.2, 0.25) is 0 Å². The van der Waals surface area contributed by atoms with Crippen LogP contribution in [0.5, 0.6) is 5.75 Å². The topological polar surface area (TPSA) is 101 Å². The molecule has 0 fully saturated rings. The number of rotatable bonds is 6. The number of benzene rings is 2. The van der Waals surface area contributed by atoms with E-state index in [9.17, 15) is 15.4 Å². The van der Waals surface area contributed by atoms with Gasteiger partial charge in [-0.2, -0.15) is 5.26 Å². The first kappa shape index (κ1) is 18.1. The minimum absolute atomic E-state index is 0.0264. The van der Waals surface area contributed by atoms with Crippen molar-refractivity contribution in [3.05, 3.63) is 75.2 Å². The third-order valence-electron chi connectivity index (χ3n) is 3.66. The molecule has 3 rings (SSSR count). The zero-order valence-electron chi connectivity index (χ0n) is 14.2. The Morgan fingerprint density at radius 3 is 2.89 bits per heavy atom. The average Bonchev–Trinajstić information content (AvgIpc) is 3.19. The number of non-ortho nitro benzene ring substituents is 1. The van der Waals surface area contributed by atoms with Gasteiger partial charge in [0, 0.05) is 35.0 Å². The van der Waals surface area contributed by atoms with E-state index in [1.165, 1.54) is 29.7 Å². The number of nitriles is 1. The highest BCUT2D eigenvalue weighted by atomic mass is 32.1. The van der Waals surface area contributed by atoms with Gasteiger partial charge in [0.05, 0.1) is 17.7 Å². The zero-order chi connectivity index (χ0) is 19.2. The van der Waals surface area contributed by atoms with Gasteiger partial charge in [0.2, 0.25) is 0 Å². The lowest BCUT2D eigenvalue weighted by molar-refractivity contribution is -0.384. The molecule has 0 spiro atoms. The molecule has 3 aromatic rings. The van der Waals surface area contributed by atoms with Crippen LogP contribution in [-0.2, 0) is 0 Å². The van der Waals surface area contributed by atoms with Gasteiger partial charge in [0.15, 0.2) is 0 Å². The fraction of sp³-hybridized carbons (Fsp3) is 0.0526. The number of thiazole rings is 1. The largest absolute Gasteiger partial charge is 0.497 e. The first-order valence-electron chi connectivity index (χ1n) is 7.82. The summed E-state index contributed by atoms with van der Waals surface area (Å²) in [6, 6.07) is 15.7. The lowest BCUT2D eigenvalue weighted by atomic mass is 10.1. The van der Waals surface area contributed by atoms with Gasteiger partial charge in [-0.25, -0.2) is 4.98 Å². The summed E-state index contributed by atoms with van der Waals surface area (Å²) < 4.78 is 5.22. The number of hydrogen-bond donors (Lipinski definition) is 1. The maximum absolute atomic E-state index is 10.8. The quantitative estimate of drug-likeness (QED) is 0.379. The second kappa shape index (κ2) is 8.12. The lowest BCUT2D eigenvalue weighted by Gasteiger charge is -2.02. The van der Waals surface area contributed by atoms with E-state index in [0.29, 0.717) is 16.3 Å². The summed E-state index contributed by atoms with van der Waals surface area (Å²) in [7, 11) is 1.60. The van der Waals surface area contributed by atoms with E-state index < -0.39 is 4.92 Å². The number of nitro groups is 1. The Morgan fingerprint density at radius 2 is 2.15 bits per heavy atom. The molecular formula is C19H14N4O3S. The Bertz CT molecular complexity index is 1050. The number of nitrogens with zero attached hydrogens (tertiary/aromatic N) is 3. The van der Waals surface area contributed by atoms with Crippen LogP contribution in [0.1, 0.15) is 5.01 Å². The molecule has 0 saturated heterocycles. The van der Waals surface area contributed by atoms with Crippen molar-refractivity contribution in [3.63, 3.8) is 0 Å². The molecule has 1 aromatic heterocycles. The van der Waals surface area contributed by atoms with Gasteiger partial charge in [0.25, 0.3) is 5.69 Å². The summed E-state index contributed by atoms with van der Waals surface area (Å²) >= 11 is 1.34.